The zero-order valence-corrected chi connectivity index (χ0v) is 10.3. The highest BCUT2D eigenvalue weighted by molar-refractivity contribution is 6.39. The summed E-state index contributed by atoms with van der Waals surface area (Å²) >= 11 is 0. The molecule has 5 heteroatoms. The zero-order valence-electron chi connectivity index (χ0n) is 10.3. The van der Waals surface area contributed by atoms with Gasteiger partial charge in [0.25, 0.3) is 0 Å². The number of quaternary nitrogens is 2. The summed E-state index contributed by atoms with van der Waals surface area (Å²) in [6, 6.07) is 0. The summed E-state index contributed by atoms with van der Waals surface area (Å²) in [5.74, 6) is -0.129. The molecule has 88 valence electrons. The number of carbonyl (C=O) groups is 1. The van der Waals surface area contributed by atoms with Crippen molar-refractivity contribution in [2.45, 2.75) is 6.92 Å². The molecule has 0 aromatic carbocycles. The van der Waals surface area contributed by atoms with Gasteiger partial charge in [-0.25, -0.2) is 0 Å². The van der Waals surface area contributed by atoms with E-state index in [1.807, 2.05) is 28.2 Å². The van der Waals surface area contributed by atoms with E-state index in [9.17, 15) is 4.79 Å². The number of oxime groups is 1. The first-order valence-corrected chi connectivity index (χ1v) is 5.19. The van der Waals surface area contributed by atoms with Gasteiger partial charge in [0.05, 0.1) is 41.3 Å². The van der Waals surface area contributed by atoms with Crippen molar-refractivity contribution < 1.29 is 19.8 Å². The molecular formula is C10H23N3O2+2. The van der Waals surface area contributed by atoms with Gasteiger partial charge in [0.1, 0.15) is 11.6 Å². The molecule has 0 aliphatic rings. The minimum Gasteiger partial charge on any atom is -0.411 e. The Morgan fingerprint density at radius 3 is 1.87 bits per heavy atom. The van der Waals surface area contributed by atoms with Gasteiger partial charge < -0.3 is 15.0 Å². The molecule has 3 N–H and O–H groups in total. The van der Waals surface area contributed by atoms with Crippen LogP contribution in [0.15, 0.2) is 5.16 Å². The highest BCUT2D eigenvalue weighted by Crippen LogP contribution is 1.95. The molecule has 0 aromatic heterocycles. The van der Waals surface area contributed by atoms with Crippen LogP contribution in [0, 0.1) is 5.92 Å². The van der Waals surface area contributed by atoms with Crippen molar-refractivity contribution >= 4 is 11.5 Å². The fourth-order valence-corrected chi connectivity index (χ4v) is 1.59. The summed E-state index contributed by atoms with van der Waals surface area (Å²) in [5.41, 5.74) is 0.197. The van der Waals surface area contributed by atoms with Gasteiger partial charge in [-0.15, -0.1) is 0 Å². The van der Waals surface area contributed by atoms with Gasteiger partial charge in [-0.05, 0) is 6.92 Å². The lowest BCUT2D eigenvalue weighted by Crippen LogP contribution is -3.10. The van der Waals surface area contributed by atoms with E-state index in [0.29, 0.717) is 0 Å². The van der Waals surface area contributed by atoms with Gasteiger partial charge in [-0.1, -0.05) is 5.16 Å². The van der Waals surface area contributed by atoms with Crippen LogP contribution in [0.2, 0.25) is 0 Å². The fraction of sp³-hybridized carbons (Fsp3) is 0.800. The second-order valence-electron chi connectivity index (χ2n) is 4.57. The topological polar surface area (TPSA) is 58.5 Å². The van der Waals surface area contributed by atoms with E-state index >= 15 is 0 Å². The number of hydrogen-bond acceptors (Lipinski definition) is 3. The number of rotatable bonds is 6. The third-order valence-corrected chi connectivity index (χ3v) is 2.19. The van der Waals surface area contributed by atoms with Gasteiger partial charge >= 0.3 is 0 Å². The Morgan fingerprint density at radius 2 is 1.60 bits per heavy atom. The molecule has 5 nitrogen and oxygen atoms in total. The van der Waals surface area contributed by atoms with Gasteiger partial charge in [0.2, 0.25) is 0 Å². The molecule has 0 fully saturated rings. The summed E-state index contributed by atoms with van der Waals surface area (Å²) < 4.78 is 0. The lowest BCUT2D eigenvalue weighted by Gasteiger charge is -2.18. The number of nitrogens with one attached hydrogen (secondary N) is 2. The molecule has 0 aromatic rings. The Morgan fingerprint density at radius 1 is 1.20 bits per heavy atom. The van der Waals surface area contributed by atoms with E-state index in [4.69, 9.17) is 5.21 Å². The zero-order chi connectivity index (χ0) is 12.0. The molecule has 0 heterocycles. The van der Waals surface area contributed by atoms with Crippen LogP contribution in [0.3, 0.4) is 0 Å². The van der Waals surface area contributed by atoms with E-state index in [0.717, 1.165) is 13.1 Å². The molecule has 0 rings (SSSR count). The predicted octanol–water partition coefficient (Wildman–Crippen LogP) is -2.69. The van der Waals surface area contributed by atoms with Crippen molar-refractivity contribution in [3.63, 3.8) is 0 Å². The Labute approximate surface area is 91.3 Å². The number of Topliss-reactive ketones (excluding diaryl/α,β-unsaturated/α-hetero) is 1. The summed E-state index contributed by atoms with van der Waals surface area (Å²) in [4.78, 5) is 14.3. The van der Waals surface area contributed by atoms with Gasteiger partial charge in [-0.3, -0.25) is 4.79 Å². The second kappa shape index (κ2) is 6.53. The maximum atomic E-state index is 11.8. The van der Waals surface area contributed by atoms with E-state index in [1.54, 1.807) is 6.92 Å². The van der Waals surface area contributed by atoms with E-state index in [1.165, 1.54) is 9.80 Å². The Bertz CT molecular complexity index is 227. The predicted molar refractivity (Wildman–Crippen MR) is 58.7 cm³/mol. The summed E-state index contributed by atoms with van der Waals surface area (Å²) in [6.45, 7) is 3.07. The fourth-order valence-electron chi connectivity index (χ4n) is 1.59. The molecule has 15 heavy (non-hydrogen) atoms. The maximum absolute atomic E-state index is 11.8. The molecule has 0 saturated carbocycles. The van der Waals surface area contributed by atoms with Crippen molar-refractivity contribution in [3.05, 3.63) is 0 Å². The summed E-state index contributed by atoms with van der Waals surface area (Å²) in [6.07, 6.45) is 0. The van der Waals surface area contributed by atoms with Crippen molar-refractivity contribution in [2.75, 3.05) is 41.3 Å². The monoisotopic (exact) mass is 217 g/mol. The minimum atomic E-state index is -0.0732. The maximum Gasteiger partial charge on any atom is 0.194 e. The lowest BCUT2D eigenvalue weighted by molar-refractivity contribution is -0.883. The first-order chi connectivity index (χ1) is 6.88. The summed E-state index contributed by atoms with van der Waals surface area (Å²) in [7, 11) is 8.04. The Balaban J connectivity index is 4.55. The SMILES string of the molecule is CC(=NO)C(=O)C(C[NH+](C)C)C[NH+](C)C. The number of ketones is 1. The van der Waals surface area contributed by atoms with Crippen molar-refractivity contribution in [1.82, 2.24) is 0 Å². The smallest absolute Gasteiger partial charge is 0.194 e. The van der Waals surface area contributed by atoms with Crippen LogP contribution < -0.4 is 9.80 Å². The standard InChI is InChI=1S/C10H21N3O2/c1-8(11-15)10(14)9(6-12(2)3)7-13(4)5/h9,15H,6-7H2,1-5H3/p+2. The van der Waals surface area contributed by atoms with Crippen molar-refractivity contribution in [2.24, 2.45) is 11.1 Å². The number of nitrogens with zero attached hydrogens (tertiary/aromatic N) is 1. The molecule has 0 radical (unpaired) electrons. The normalized spacial score (nSPS) is 12.9. The third-order valence-electron chi connectivity index (χ3n) is 2.19. The average Bonchev–Trinajstić information content (AvgIpc) is 2.13. The summed E-state index contributed by atoms with van der Waals surface area (Å²) in [5, 5.41) is 11.5. The first-order valence-electron chi connectivity index (χ1n) is 5.19. The van der Waals surface area contributed by atoms with Crippen LogP contribution in [-0.4, -0.2) is 58.0 Å². The third kappa shape index (κ3) is 5.49. The van der Waals surface area contributed by atoms with Crippen LogP contribution in [0.5, 0.6) is 0 Å². The van der Waals surface area contributed by atoms with E-state index in [2.05, 4.69) is 5.16 Å². The molecule has 0 spiro atoms. The molecule has 0 unspecified atom stereocenters. The van der Waals surface area contributed by atoms with Crippen molar-refractivity contribution in [3.8, 4) is 0 Å². The molecule has 0 amide bonds. The molecule has 0 aliphatic carbocycles. The Hall–Kier alpha value is -0.940. The Kier molecular flexibility index (Phi) is 6.12. The first kappa shape index (κ1) is 14.1. The molecule has 0 bridgehead atoms. The van der Waals surface area contributed by atoms with E-state index in [-0.39, 0.29) is 17.4 Å². The van der Waals surface area contributed by atoms with Gasteiger partial charge in [0.15, 0.2) is 5.78 Å². The second-order valence-corrected chi connectivity index (χ2v) is 4.57. The minimum absolute atomic E-state index is 0.0556. The quantitative estimate of drug-likeness (QED) is 0.258. The average molecular weight is 217 g/mol. The van der Waals surface area contributed by atoms with Gasteiger partial charge in [-0.2, -0.15) is 0 Å². The van der Waals surface area contributed by atoms with Gasteiger partial charge in [0, 0.05) is 0 Å². The largest absolute Gasteiger partial charge is 0.411 e. The number of hydrogen-bond donors (Lipinski definition) is 3. The number of carbonyl (C=O) groups excluding carboxylic acids is 1. The van der Waals surface area contributed by atoms with Crippen LogP contribution in [0.1, 0.15) is 6.92 Å². The van der Waals surface area contributed by atoms with Crippen molar-refractivity contribution in [1.29, 1.82) is 0 Å². The van der Waals surface area contributed by atoms with Crippen LogP contribution >= 0.6 is 0 Å². The van der Waals surface area contributed by atoms with Crippen LogP contribution in [0.25, 0.3) is 0 Å². The highest BCUT2D eigenvalue weighted by Gasteiger charge is 2.26. The van der Waals surface area contributed by atoms with Crippen LogP contribution in [-0.2, 0) is 4.79 Å². The molecular weight excluding hydrogens is 194 g/mol. The van der Waals surface area contributed by atoms with E-state index < -0.39 is 0 Å². The molecule has 0 saturated heterocycles. The molecule has 0 aliphatic heterocycles. The molecule has 0 atom stereocenters. The highest BCUT2D eigenvalue weighted by atomic mass is 16.4. The lowest BCUT2D eigenvalue weighted by atomic mass is 10.00. The van der Waals surface area contributed by atoms with Crippen LogP contribution in [0.4, 0.5) is 0 Å².